The van der Waals surface area contributed by atoms with Crippen molar-refractivity contribution in [3.63, 3.8) is 0 Å². The second-order valence-electron chi connectivity index (χ2n) is 8.40. The van der Waals surface area contributed by atoms with Crippen molar-refractivity contribution in [1.29, 1.82) is 0 Å². The number of hydrogen-bond acceptors (Lipinski definition) is 5. The van der Waals surface area contributed by atoms with E-state index in [1.54, 1.807) is 13.0 Å². The summed E-state index contributed by atoms with van der Waals surface area (Å²) in [6.45, 7) is 3.87. The van der Waals surface area contributed by atoms with Crippen LogP contribution < -0.4 is 5.56 Å². The number of nitrogens with one attached hydrogen (secondary N) is 1. The third-order valence-electron chi connectivity index (χ3n) is 6.20. The zero-order valence-electron chi connectivity index (χ0n) is 18.8. The summed E-state index contributed by atoms with van der Waals surface area (Å²) in [5.41, 5.74) is 2.14. The molecule has 0 bridgehead atoms. The van der Waals surface area contributed by atoms with E-state index in [-0.39, 0.29) is 29.6 Å². The summed E-state index contributed by atoms with van der Waals surface area (Å²) in [4.78, 5) is 27.8. The molecule has 7 nitrogen and oxygen atoms in total. The molecule has 1 N–H and O–H groups in total. The summed E-state index contributed by atoms with van der Waals surface area (Å²) in [7, 11) is -3.89. The van der Waals surface area contributed by atoms with Crippen molar-refractivity contribution < 1.29 is 17.9 Å². The van der Waals surface area contributed by atoms with Crippen LogP contribution in [0.5, 0.6) is 0 Å². The van der Waals surface area contributed by atoms with Gasteiger partial charge in [-0.25, -0.2) is 13.2 Å². The van der Waals surface area contributed by atoms with Crippen LogP contribution in [0.4, 0.5) is 0 Å². The van der Waals surface area contributed by atoms with Crippen LogP contribution in [0.15, 0.2) is 58.2 Å². The zero-order chi connectivity index (χ0) is 23.6. The van der Waals surface area contributed by atoms with Gasteiger partial charge in [-0.15, -0.1) is 0 Å². The highest BCUT2D eigenvalue weighted by Crippen LogP contribution is 2.30. The topological polar surface area (TPSA) is 96.5 Å². The number of aromatic nitrogens is 1. The average molecular weight is 469 g/mol. The molecule has 1 aliphatic rings. The molecule has 1 saturated carbocycles. The number of pyridine rings is 1. The van der Waals surface area contributed by atoms with Crippen molar-refractivity contribution in [2.24, 2.45) is 0 Å². The minimum atomic E-state index is -3.89. The van der Waals surface area contributed by atoms with Crippen LogP contribution in [-0.2, 0) is 21.3 Å². The zero-order valence-corrected chi connectivity index (χ0v) is 19.7. The van der Waals surface area contributed by atoms with Gasteiger partial charge in [-0.1, -0.05) is 31.0 Å². The Morgan fingerprint density at radius 1 is 1.12 bits per heavy atom. The fourth-order valence-corrected chi connectivity index (χ4v) is 6.09. The lowest BCUT2D eigenvalue weighted by molar-refractivity contribution is 0.0526. The number of carbonyl (C=O) groups excluding carboxylic acids is 1. The minimum absolute atomic E-state index is 0.00809. The smallest absolute Gasteiger partial charge is 0.338 e. The van der Waals surface area contributed by atoms with Gasteiger partial charge >= 0.3 is 5.97 Å². The van der Waals surface area contributed by atoms with Crippen LogP contribution in [0.3, 0.4) is 0 Å². The van der Waals surface area contributed by atoms with E-state index in [0.717, 1.165) is 42.1 Å². The highest BCUT2D eigenvalue weighted by atomic mass is 32.2. The number of H-pyrrole nitrogens is 1. The van der Waals surface area contributed by atoms with Crippen molar-refractivity contribution in [3.8, 4) is 0 Å². The molecule has 0 amide bonds. The second-order valence-corrected chi connectivity index (χ2v) is 10.3. The first-order valence-corrected chi connectivity index (χ1v) is 12.7. The van der Waals surface area contributed by atoms with Crippen molar-refractivity contribution in [2.75, 3.05) is 6.61 Å². The van der Waals surface area contributed by atoms with Gasteiger partial charge < -0.3 is 9.72 Å². The van der Waals surface area contributed by atoms with E-state index >= 15 is 0 Å². The molecule has 0 atom stereocenters. The molecule has 1 aliphatic carbocycles. The van der Waals surface area contributed by atoms with Crippen molar-refractivity contribution >= 4 is 26.9 Å². The normalized spacial score (nSPS) is 14.8. The molecule has 8 heteroatoms. The first-order valence-electron chi connectivity index (χ1n) is 11.2. The number of rotatable bonds is 7. The molecule has 2 aromatic carbocycles. The lowest BCUT2D eigenvalue weighted by atomic mass is 10.1. The van der Waals surface area contributed by atoms with Crippen LogP contribution in [0.1, 0.15) is 54.1 Å². The van der Waals surface area contributed by atoms with Gasteiger partial charge in [-0.05, 0) is 68.0 Å². The summed E-state index contributed by atoms with van der Waals surface area (Å²) in [6.07, 6.45) is 3.41. The number of aromatic amines is 1. The fraction of sp³-hybridized carbons (Fsp3) is 0.360. The molecule has 3 aromatic rings. The summed E-state index contributed by atoms with van der Waals surface area (Å²) >= 11 is 0. The van der Waals surface area contributed by atoms with E-state index in [9.17, 15) is 18.0 Å². The molecule has 1 heterocycles. The molecule has 1 fully saturated rings. The Hall–Kier alpha value is -2.97. The Labute approximate surface area is 193 Å². The maximum atomic E-state index is 13.7. The van der Waals surface area contributed by atoms with E-state index in [2.05, 4.69) is 4.98 Å². The number of aryl methyl sites for hydroxylation is 1. The van der Waals surface area contributed by atoms with E-state index in [1.807, 2.05) is 25.1 Å². The standard InChI is InChI=1S/C25H28N2O5S/c1-3-32-25(29)18-11-13-22(14-12-18)33(30,31)27(21-9-4-5-10-21)16-20-15-19-8-6-7-17(2)23(19)26-24(20)28/h6-8,11-15,21H,3-5,9-10,16H2,1-2H3,(H,26,28). The number of ether oxygens (including phenoxy) is 1. The number of benzene rings is 2. The first-order chi connectivity index (χ1) is 15.8. The number of esters is 1. The highest BCUT2D eigenvalue weighted by Gasteiger charge is 2.34. The van der Waals surface area contributed by atoms with Gasteiger partial charge in [0.25, 0.3) is 5.56 Å². The molecule has 0 radical (unpaired) electrons. The lowest BCUT2D eigenvalue weighted by Crippen LogP contribution is -2.39. The summed E-state index contributed by atoms with van der Waals surface area (Å²) in [6, 6.07) is 13.1. The van der Waals surface area contributed by atoms with Gasteiger partial charge in [0.2, 0.25) is 10.0 Å². The molecule has 1 aromatic heterocycles. The predicted molar refractivity (Wildman–Crippen MR) is 127 cm³/mol. The number of nitrogens with zero attached hydrogens (tertiary/aromatic N) is 1. The van der Waals surface area contributed by atoms with Gasteiger partial charge in [0.1, 0.15) is 0 Å². The van der Waals surface area contributed by atoms with Gasteiger partial charge in [-0.3, -0.25) is 4.79 Å². The Morgan fingerprint density at radius 3 is 2.48 bits per heavy atom. The first kappa shape index (κ1) is 23.2. The molecule has 174 valence electrons. The predicted octanol–water partition coefficient (Wildman–Crippen LogP) is 4.15. The maximum Gasteiger partial charge on any atom is 0.338 e. The minimum Gasteiger partial charge on any atom is -0.462 e. The van der Waals surface area contributed by atoms with Crippen LogP contribution in [0, 0.1) is 6.92 Å². The Bertz CT molecular complexity index is 1320. The molecule has 33 heavy (non-hydrogen) atoms. The van der Waals surface area contributed by atoms with Crippen LogP contribution in [0.25, 0.3) is 10.9 Å². The van der Waals surface area contributed by atoms with Crippen molar-refractivity contribution in [1.82, 2.24) is 9.29 Å². The lowest BCUT2D eigenvalue weighted by Gasteiger charge is -2.28. The van der Waals surface area contributed by atoms with Crippen LogP contribution in [0.2, 0.25) is 0 Å². The van der Waals surface area contributed by atoms with E-state index in [1.165, 1.54) is 28.6 Å². The highest BCUT2D eigenvalue weighted by molar-refractivity contribution is 7.89. The summed E-state index contributed by atoms with van der Waals surface area (Å²) in [5, 5.41) is 0.868. The fourth-order valence-electron chi connectivity index (χ4n) is 4.43. The number of sulfonamides is 1. The van der Waals surface area contributed by atoms with Crippen molar-refractivity contribution in [3.05, 3.63) is 75.6 Å². The average Bonchev–Trinajstić information content (AvgIpc) is 3.33. The molecule has 0 unspecified atom stereocenters. The van der Waals surface area contributed by atoms with Gasteiger partial charge in [0.15, 0.2) is 0 Å². The van der Waals surface area contributed by atoms with Gasteiger partial charge in [-0.2, -0.15) is 4.31 Å². The van der Waals surface area contributed by atoms with Crippen LogP contribution in [-0.4, -0.2) is 36.3 Å². The third kappa shape index (κ3) is 4.72. The largest absolute Gasteiger partial charge is 0.462 e. The molecule has 0 aliphatic heterocycles. The third-order valence-corrected chi connectivity index (χ3v) is 8.11. The molecular weight excluding hydrogens is 440 g/mol. The van der Waals surface area contributed by atoms with Crippen molar-refractivity contribution in [2.45, 2.75) is 57.0 Å². The van der Waals surface area contributed by atoms with Gasteiger partial charge in [0, 0.05) is 18.2 Å². The second kappa shape index (κ2) is 9.49. The summed E-state index contributed by atoms with van der Waals surface area (Å²) < 4.78 is 33.7. The Kier molecular flexibility index (Phi) is 6.67. The number of carbonyl (C=O) groups is 1. The summed E-state index contributed by atoms with van der Waals surface area (Å²) in [5.74, 6) is -0.493. The Balaban J connectivity index is 1.71. The Morgan fingerprint density at radius 2 is 1.82 bits per heavy atom. The van der Waals surface area contributed by atoms with Crippen LogP contribution >= 0.6 is 0 Å². The van der Waals surface area contributed by atoms with Gasteiger partial charge in [0.05, 0.1) is 22.6 Å². The number of fused-ring (bicyclic) bond motifs is 1. The number of para-hydroxylation sites is 1. The molecule has 0 spiro atoms. The number of hydrogen-bond donors (Lipinski definition) is 1. The van der Waals surface area contributed by atoms with E-state index in [4.69, 9.17) is 4.74 Å². The quantitative estimate of drug-likeness (QED) is 0.526. The molecular formula is C25H28N2O5S. The monoisotopic (exact) mass is 468 g/mol. The SMILES string of the molecule is CCOC(=O)c1ccc(S(=O)(=O)N(Cc2cc3cccc(C)c3[nH]c2=O)C2CCCC2)cc1. The van der Waals surface area contributed by atoms with E-state index < -0.39 is 16.0 Å². The molecule has 0 saturated heterocycles. The van der Waals surface area contributed by atoms with E-state index in [0.29, 0.717) is 11.1 Å². The molecule has 4 rings (SSSR count). The maximum absolute atomic E-state index is 13.7.